The van der Waals surface area contributed by atoms with E-state index in [0.29, 0.717) is 0 Å². The van der Waals surface area contributed by atoms with Gasteiger partial charge >= 0.3 is 0 Å². The Morgan fingerprint density at radius 3 is 2.40 bits per heavy atom. The highest BCUT2D eigenvalue weighted by molar-refractivity contribution is 5.28. The first kappa shape index (κ1) is 7.13. The van der Waals surface area contributed by atoms with E-state index in [9.17, 15) is 4.39 Å². The summed E-state index contributed by atoms with van der Waals surface area (Å²) in [6.45, 7) is 3.93. The summed E-state index contributed by atoms with van der Waals surface area (Å²) in [6, 6.07) is 6.61. The molecular formula is C9H10F+. The zero-order valence-corrected chi connectivity index (χ0v) is 6.19. The number of hydrogen-bond donors (Lipinski definition) is 0. The average molecular weight is 137 g/mol. The quantitative estimate of drug-likeness (QED) is 0.522. The summed E-state index contributed by atoms with van der Waals surface area (Å²) >= 11 is 0. The summed E-state index contributed by atoms with van der Waals surface area (Å²) in [5.74, 6) is 0.971. The molecule has 0 nitrogen and oxygen atoms in total. The SMILES string of the molecule is C[C+](C)c1cccc(F)c1. The van der Waals surface area contributed by atoms with Crippen LogP contribution in [0.25, 0.3) is 0 Å². The van der Waals surface area contributed by atoms with Crippen molar-refractivity contribution in [3.63, 3.8) is 0 Å². The van der Waals surface area contributed by atoms with Gasteiger partial charge in [-0.25, -0.2) is 0 Å². The summed E-state index contributed by atoms with van der Waals surface area (Å²) in [7, 11) is 0. The van der Waals surface area contributed by atoms with Gasteiger partial charge in [0.25, 0.3) is 0 Å². The molecule has 0 saturated heterocycles. The smallest absolute Gasteiger partial charge is 0.180 e. The van der Waals surface area contributed by atoms with Crippen molar-refractivity contribution in [2.75, 3.05) is 0 Å². The van der Waals surface area contributed by atoms with Crippen molar-refractivity contribution >= 4 is 0 Å². The van der Waals surface area contributed by atoms with E-state index < -0.39 is 0 Å². The Hall–Kier alpha value is -0.980. The molecule has 0 radical (unpaired) electrons. The van der Waals surface area contributed by atoms with Gasteiger partial charge in [-0.05, 0) is 6.07 Å². The molecule has 52 valence electrons. The molecule has 0 heterocycles. The highest BCUT2D eigenvalue weighted by atomic mass is 19.1. The number of benzene rings is 1. The van der Waals surface area contributed by atoms with Gasteiger partial charge < -0.3 is 0 Å². The van der Waals surface area contributed by atoms with Gasteiger partial charge in [0, 0.05) is 31.9 Å². The van der Waals surface area contributed by atoms with E-state index in [1.54, 1.807) is 6.07 Å². The molecule has 1 aromatic rings. The maximum atomic E-state index is 12.5. The van der Waals surface area contributed by atoms with Crippen LogP contribution in [0.5, 0.6) is 0 Å². The second-order valence-electron chi connectivity index (χ2n) is 2.51. The van der Waals surface area contributed by atoms with Crippen LogP contribution in [0.2, 0.25) is 0 Å². The number of rotatable bonds is 1. The van der Waals surface area contributed by atoms with Crippen LogP contribution in [0.4, 0.5) is 4.39 Å². The first-order chi connectivity index (χ1) is 4.70. The Morgan fingerprint density at radius 2 is 2.00 bits per heavy atom. The second kappa shape index (κ2) is 2.74. The third-order valence-electron chi connectivity index (χ3n) is 1.40. The molecule has 0 spiro atoms. The van der Waals surface area contributed by atoms with Gasteiger partial charge in [0.15, 0.2) is 5.82 Å². The van der Waals surface area contributed by atoms with Crippen molar-refractivity contribution in [3.8, 4) is 0 Å². The van der Waals surface area contributed by atoms with Crippen LogP contribution in [0.1, 0.15) is 19.4 Å². The molecule has 0 N–H and O–H groups in total. The van der Waals surface area contributed by atoms with Crippen LogP contribution in [0.3, 0.4) is 0 Å². The lowest BCUT2D eigenvalue weighted by Gasteiger charge is -1.93. The molecular weight excluding hydrogens is 127 g/mol. The molecule has 0 bridgehead atoms. The first-order valence-electron chi connectivity index (χ1n) is 3.26. The molecule has 0 atom stereocenters. The Balaban J connectivity index is 2.96. The van der Waals surface area contributed by atoms with Crippen LogP contribution < -0.4 is 0 Å². The van der Waals surface area contributed by atoms with Crippen molar-refractivity contribution in [3.05, 3.63) is 41.6 Å². The first-order valence-corrected chi connectivity index (χ1v) is 3.26. The van der Waals surface area contributed by atoms with Crippen LogP contribution in [0.15, 0.2) is 24.3 Å². The maximum absolute atomic E-state index is 12.5. The molecule has 0 unspecified atom stereocenters. The van der Waals surface area contributed by atoms with E-state index in [1.165, 1.54) is 12.1 Å². The van der Waals surface area contributed by atoms with Gasteiger partial charge in [-0.3, -0.25) is 0 Å². The van der Waals surface area contributed by atoms with Crippen LogP contribution in [-0.2, 0) is 0 Å². The molecule has 0 aliphatic carbocycles. The Bertz CT molecular complexity index is 216. The lowest BCUT2D eigenvalue weighted by molar-refractivity contribution is 0.626. The van der Waals surface area contributed by atoms with Crippen molar-refractivity contribution in [1.82, 2.24) is 0 Å². The van der Waals surface area contributed by atoms with E-state index in [-0.39, 0.29) is 5.82 Å². The molecule has 0 amide bonds. The average Bonchev–Trinajstić information content (AvgIpc) is 1.88. The number of halogens is 1. The van der Waals surface area contributed by atoms with Gasteiger partial charge in [0.1, 0.15) is 5.56 Å². The monoisotopic (exact) mass is 137 g/mol. The molecule has 0 aliphatic heterocycles. The fourth-order valence-corrected chi connectivity index (χ4v) is 0.799. The fraction of sp³-hybridized carbons (Fsp3) is 0.222. The minimum absolute atomic E-state index is 0.168. The highest BCUT2D eigenvalue weighted by Gasteiger charge is 2.07. The van der Waals surface area contributed by atoms with Crippen LogP contribution in [-0.4, -0.2) is 0 Å². The van der Waals surface area contributed by atoms with Gasteiger partial charge in [-0.2, -0.15) is 4.39 Å². The zero-order valence-electron chi connectivity index (χ0n) is 6.19. The Labute approximate surface area is 60.7 Å². The van der Waals surface area contributed by atoms with Gasteiger partial charge in [0.2, 0.25) is 0 Å². The lowest BCUT2D eigenvalue weighted by atomic mass is 10.0. The van der Waals surface area contributed by atoms with E-state index in [0.717, 1.165) is 11.5 Å². The Kier molecular flexibility index (Phi) is 1.95. The predicted octanol–water partition coefficient (Wildman–Crippen LogP) is 2.79. The van der Waals surface area contributed by atoms with E-state index in [4.69, 9.17) is 0 Å². The molecule has 0 saturated carbocycles. The van der Waals surface area contributed by atoms with Crippen LogP contribution >= 0.6 is 0 Å². The number of hydrogen-bond acceptors (Lipinski definition) is 0. The second-order valence-corrected chi connectivity index (χ2v) is 2.51. The summed E-state index contributed by atoms with van der Waals surface area (Å²) in [5, 5.41) is 0. The predicted molar refractivity (Wildman–Crippen MR) is 40.1 cm³/mol. The topological polar surface area (TPSA) is 0 Å². The van der Waals surface area contributed by atoms with E-state index in [1.807, 2.05) is 19.9 Å². The van der Waals surface area contributed by atoms with Gasteiger partial charge in [-0.1, -0.05) is 0 Å². The molecule has 0 aliphatic rings. The summed E-state index contributed by atoms with van der Waals surface area (Å²) in [6.07, 6.45) is 0. The van der Waals surface area contributed by atoms with Crippen molar-refractivity contribution in [2.24, 2.45) is 0 Å². The largest absolute Gasteiger partial charge is 0.191 e. The Morgan fingerprint density at radius 1 is 1.30 bits per heavy atom. The molecule has 1 heteroatoms. The normalized spacial score (nSPS) is 9.50. The van der Waals surface area contributed by atoms with Crippen molar-refractivity contribution in [1.29, 1.82) is 0 Å². The van der Waals surface area contributed by atoms with E-state index in [2.05, 4.69) is 0 Å². The van der Waals surface area contributed by atoms with Gasteiger partial charge in [-0.15, -0.1) is 0 Å². The highest BCUT2D eigenvalue weighted by Crippen LogP contribution is 2.13. The summed E-state index contributed by atoms with van der Waals surface area (Å²) in [4.78, 5) is 0. The zero-order chi connectivity index (χ0) is 7.56. The fourth-order valence-electron chi connectivity index (χ4n) is 0.799. The molecule has 1 rings (SSSR count). The minimum Gasteiger partial charge on any atom is -0.191 e. The maximum Gasteiger partial charge on any atom is 0.180 e. The van der Waals surface area contributed by atoms with Crippen LogP contribution in [0, 0.1) is 11.7 Å². The van der Waals surface area contributed by atoms with E-state index >= 15 is 0 Å². The minimum atomic E-state index is -0.168. The third kappa shape index (κ3) is 1.50. The van der Waals surface area contributed by atoms with Crippen molar-refractivity contribution < 1.29 is 4.39 Å². The standard InChI is InChI=1S/C9H10F/c1-7(2)8-4-3-5-9(10)6-8/h3-6H,1-2H3/q+1. The molecule has 0 fully saturated rings. The van der Waals surface area contributed by atoms with Crippen molar-refractivity contribution in [2.45, 2.75) is 13.8 Å². The lowest BCUT2D eigenvalue weighted by Crippen LogP contribution is -1.87. The van der Waals surface area contributed by atoms with Gasteiger partial charge in [0.05, 0.1) is 6.07 Å². The molecule has 0 aromatic heterocycles. The third-order valence-corrected chi connectivity index (χ3v) is 1.40. The molecule has 1 aromatic carbocycles. The summed E-state index contributed by atoms with van der Waals surface area (Å²) < 4.78 is 12.5. The molecule has 10 heavy (non-hydrogen) atoms. The summed E-state index contributed by atoms with van der Waals surface area (Å²) in [5.41, 5.74) is 0.972.